The fourth-order valence-corrected chi connectivity index (χ4v) is 2.68. The molecule has 0 saturated carbocycles. The Morgan fingerprint density at radius 3 is 2.56 bits per heavy atom. The minimum atomic E-state index is -3.39. The van der Waals surface area contributed by atoms with Crippen LogP contribution in [0.4, 0.5) is 0 Å². The van der Waals surface area contributed by atoms with Gasteiger partial charge in [0, 0.05) is 13.0 Å². The Kier molecular flexibility index (Phi) is 5.39. The van der Waals surface area contributed by atoms with E-state index in [1.807, 2.05) is 19.9 Å². The summed E-state index contributed by atoms with van der Waals surface area (Å²) in [5.74, 6) is 2.53. The predicted octanol–water partition coefficient (Wildman–Crippen LogP) is 2.39. The summed E-state index contributed by atoms with van der Waals surface area (Å²) in [5.41, 5.74) is 2.06. The Morgan fingerprint density at radius 2 is 1.94 bits per heavy atom. The van der Waals surface area contributed by atoms with Gasteiger partial charge in [-0.3, -0.25) is 0 Å². The molecule has 0 aliphatic carbocycles. The van der Waals surface area contributed by atoms with Gasteiger partial charge in [0.25, 0.3) is 0 Å². The molecule has 0 bridgehead atoms. The smallest absolute Gasteiger partial charge is 0.211 e. The van der Waals surface area contributed by atoms with Gasteiger partial charge in [0.2, 0.25) is 10.0 Å². The third kappa shape index (κ3) is 4.17. The second kappa shape index (κ2) is 6.58. The van der Waals surface area contributed by atoms with Crippen molar-refractivity contribution in [2.75, 3.05) is 6.54 Å². The van der Waals surface area contributed by atoms with Crippen molar-refractivity contribution in [3.05, 3.63) is 29.3 Å². The van der Waals surface area contributed by atoms with Crippen LogP contribution in [0.5, 0.6) is 0 Å². The highest BCUT2D eigenvalue weighted by Gasteiger charge is 2.13. The maximum Gasteiger partial charge on any atom is 0.240 e. The molecule has 0 saturated heterocycles. The summed E-state index contributed by atoms with van der Waals surface area (Å²) in [4.78, 5) is 0.322. The van der Waals surface area contributed by atoms with E-state index in [9.17, 15) is 8.42 Å². The van der Waals surface area contributed by atoms with Crippen LogP contribution >= 0.6 is 0 Å². The average Bonchev–Trinajstić information content (AvgIpc) is 2.32. The molecule has 1 aromatic rings. The van der Waals surface area contributed by atoms with Gasteiger partial charge in [-0.1, -0.05) is 6.07 Å². The maximum atomic E-state index is 12.0. The monoisotopic (exact) mass is 265 g/mol. The quantitative estimate of drug-likeness (QED) is 0.634. The number of hydrogen-bond donors (Lipinski definition) is 1. The average molecular weight is 265 g/mol. The molecule has 0 aromatic heterocycles. The summed E-state index contributed by atoms with van der Waals surface area (Å²) in [6.07, 6.45) is 7.41. The lowest BCUT2D eigenvalue weighted by Gasteiger charge is -2.08. The minimum Gasteiger partial charge on any atom is -0.211 e. The second-order valence-corrected chi connectivity index (χ2v) is 6.07. The van der Waals surface area contributed by atoms with Crippen molar-refractivity contribution in [1.82, 2.24) is 4.72 Å². The molecular weight excluding hydrogens is 246 g/mol. The number of sulfonamides is 1. The molecule has 0 aliphatic heterocycles. The Morgan fingerprint density at radius 1 is 1.22 bits per heavy atom. The van der Waals surface area contributed by atoms with Gasteiger partial charge in [-0.15, -0.1) is 12.3 Å². The lowest BCUT2D eigenvalue weighted by atomic mass is 10.1. The molecule has 0 aliphatic rings. The third-order valence-electron chi connectivity index (χ3n) is 2.83. The molecule has 0 unspecified atom stereocenters. The first-order valence-electron chi connectivity index (χ1n) is 5.98. The molecule has 0 radical (unpaired) electrons. The number of benzene rings is 1. The molecule has 4 heteroatoms. The minimum absolute atomic E-state index is 0.322. The van der Waals surface area contributed by atoms with Crippen LogP contribution in [0.15, 0.2) is 23.1 Å². The fourth-order valence-electron chi connectivity index (χ4n) is 1.52. The third-order valence-corrected chi connectivity index (χ3v) is 4.29. The summed E-state index contributed by atoms with van der Waals surface area (Å²) < 4.78 is 26.5. The molecular formula is C14H19NO2S. The maximum absolute atomic E-state index is 12.0. The van der Waals surface area contributed by atoms with Crippen LogP contribution in [0, 0.1) is 26.2 Å². The summed E-state index contributed by atoms with van der Waals surface area (Å²) >= 11 is 0. The molecule has 98 valence electrons. The molecule has 1 aromatic carbocycles. The lowest BCUT2D eigenvalue weighted by molar-refractivity contribution is 0.577. The normalized spacial score (nSPS) is 11.2. The molecule has 0 fully saturated rings. The van der Waals surface area contributed by atoms with Gasteiger partial charge in [-0.2, -0.15) is 0 Å². The van der Waals surface area contributed by atoms with Crippen LogP contribution in [0.2, 0.25) is 0 Å². The first-order valence-corrected chi connectivity index (χ1v) is 7.46. The van der Waals surface area contributed by atoms with Crippen molar-refractivity contribution in [2.24, 2.45) is 0 Å². The van der Waals surface area contributed by atoms with E-state index < -0.39 is 10.0 Å². The molecule has 1 N–H and O–H groups in total. The highest BCUT2D eigenvalue weighted by molar-refractivity contribution is 7.89. The Hall–Kier alpha value is -1.31. The number of nitrogens with one attached hydrogen (secondary N) is 1. The second-order valence-electron chi connectivity index (χ2n) is 4.31. The summed E-state index contributed by atoms with van der Waals surface area (Å²) in [5, 5.41) is 0. The number of aryl methyl sites for hydroxylation is 2. The fraction of sp³-hybridized carbons (Fsp3) is 0.429. The van der Waals surface area contributed by atoms with Crippen molar-refractivity contribution < 1.29 is 8.42 Å². The summed E-state index contributed by atoms with van der Waals surface area (Å²) in [6, 6.07) is 5.15. The highest BCUT2D eigenvalue weighted by Crippen LogP contribution is 2.14. The number of hydrogen-bond acceptors (Lipinski definition) is 2. The highest BCUT2D eigenvalue weighted by atomic mass is 32.2. The SMILES string of the molecule is C#CCCCCNS(=O)(=O)c1ccc(C)c(C)c1. The van der Waals surface area contributed by atoms with Gasteiger partial charge in [0.15, 0.2) is 0 Å². The van der Waals surface area contributed by atoms with Gasteiger partial charge in [0.05, 0.1) is 4.90 Å². The van der Waals surface area contributed by atoms with Crippen LogP contribution in [0.1, 0.15) is 30.4 Å². The molecule has 0 spiro atoms. The largest absolute Gasteiger partial charge is 0.240 e. The van der Waals surface area contributed by atoms with Crippen LogP contribution < -0.4 is 4.72 Å². The summed E-state index contributed by atoms with van der Waals surface area (Å²) in [7, 11) is -3.39. The van der Waals surface area contributed by atoms with E-state index in [4.69, 9.17) is 6.42 Å². The van der Waals surface area contributed by atoms with Crippen molar-refractivity contribution in [3.8, 4) is 12.3 Å². The van der Waals surface area contributed by atoms with Crippen LogP contribution in [-0.4, -0.2) is 15.0 Å². The Balaban J connectivity index is 2.63. The number of terminal acetylenes is 1. The molecule has 0 amide bonds. The van der Waals surface area contributed by atoms with Gasteiger partial charge in [-0.05, 0) is 49.9 Å². The standard InChI is InChI=1S/C14H19NO2S/c1-4-5-6-7-10-15-18(16,17)14-9-8-12(2)13(3)11-14/h1,8-9,11,15H,5-7,10H2,2-3H3. The zero-order valence-corrected chi connectivity index (χ0v) is 11.7. The zero-order chi connectivity index (χ0) is 13.6. The molecule has 0 heterocycles. The molecule has 1 rings (SSSR count). The van der Waals surface area contributed by atoms with Crippen molar-refractivity contribution in [2.45, 2.75) is 38.0 Å². The van der Waals surface area contributed by atoms with Gasteiger partial charge in [0.1, 0.15) is 0 Å². The predicted molar refractivity (Wildman–Crippen MR) is 73.8 cm³/mol. The van der Waals surface area contributed by atoms with Crippen LogP contribution in [-0.2, 0) is 10.0 Å². The number of unbranched alkanes of at least 4 members (excludes halogenated alkanes) is 2. The van der Waals surface area contributed by atoms with Crippen molar-refractivity contribution >= 4 is 10.0 Å². The first-order chi connectivity index (χ1) is 8.47. The van der Waals surface area contributed by atoms with E-state index in [0.29, 0.717) is 17.9 Å². The Labute approximate surface area is 110 Å². The van der Waals surface area contributed by atoms with E-state index in [1.165, 1.54) is 0 Å². The Bertz CT molecular complexity index is 541. The topological polar surface area (TPSA) is 46.2 Å². The van der Waals surface area contributed by atoms with E-state index in [-0.39, 0.29) is 0 Å². The van der Waals surface area contributed by atoms with E-state index >= 15 is 0 Å². The molecule has 18 heavy (non-hydrogen) atoms. The zero-order valence-electron chi connectivity index (χ0n) is 10.9. The first kappa shape index (κ1) is 14.7. The molecule has 3 nitrogen and oxygen atoms in total. The van der Waals surface area contributed by atoms with E-state index in [1.54, 1.807) is 12.1 Å². The van der Waals surface area contributed by atoms with Crippen molar-refractivity contribution in [3.63, 3.8) is 0 Å². The molecule has 0 atom stereocenters. The van der Waals surface area contributed by atoms with E-state index in [0.717, 1.165) is 24.0 Å². The van der Waals surface area contributed by atoms with Crippen LogP contribution in [0.3, 0.4) is 0 Å². The van der Waals surface area contributed by atoms with Gasteiger partial charge in [-0.25, -0.2) is 13.1 Å². The van der Waals surface area contributed by atoms with Gasteiger partial charge < -0.3 is 0 Å². The summed E-state index contributed by atoms with van der Waals surface area (Å²) in [6.45, 7) is 4.29. The van der Waals surface area contributed by atoms with Gasteiger partial charge >= 0.3 is 0 Å². The number of rotatable bonds is 6. The lowest BCUT2D eigenvalue weighted by Crippen LogP contribution is -2.24. The van der Waals surface area contributed by atoms with E-state index in [2.05, 4.69) is 10.6 Å². The van der Waals surface area contributed by atoms with Crippen LogP contribution in [0.25, 0.3) is 0 Å². The van der Waals surface area contributed by atoms with Crippen molar-refractivity contribution in [1.29, 1.82) is 0 Å².